The maximum atomic E-state index is 13.2. The van der Waals surface area contributed by atoms with Crippen molar-refractivity contribution in [2.24, 2.45) is 7.05 Å². The van der Waals surface area contributed by atoms with Gasteiger partial charge in [0.05, 0.1) is 42.5 Å². The number of carbonyl (C=O) groups excluding carboxylic acids is 1. The zero-order chi connectivity index (χ0) is 27.6. The molecule has 1 amide bonds. The summed E-state index contributed by atoms with van der Waals surface area (Å²) in [5.74, 6) is -0.0217. The Kier molecular flexibility index (Phi) is 6.69. The second-order valence-corrected chi connectivity index (χ2v) is 9.97. The molecule has 1 N–H and O–H groups in total. The Morgan fingerprint density at radius 3 is 2.70 bits per heavy atom. The summed E-state index contributed by atoms with van der Waals surface area (Å²) in [5.41, 5.74) is 4.97. The van der Waals surface area contributed by atoms with Crippen LogP contribution in [-0.4, -0.2) is 59.2 Å². The number of nitrogens with one attached hydrogen (secondary N) is 1. The van der Waals surface area contributed by atoms with Crippen LogP contribution in [0, 0.1) is 17.1 Å². The van der Waals surface area contributed by atoms with E-state index in [2.05, 4.69) is 42.6 Å². The Hall–Kier alpha value is -5.05. The molecule has 0 saturated carbocycles. The van der Waals surface area contributed by atoms with E-state index < -0.39 is 5.82 Å². The number of aromatic nitrogens is 7. The van der Waals surface area contributed by atoms with E-state index in [1.807, 2.05) is 25.6 Å². The second kappa shape index (κ2) is 10.6. The molecule has 1 unspecified atom stereocenters. The third kappa shape index (κ3) is 5.13. The highest BCUT2D eigenvalue weighted by Crippen LogP contribution is 2.32. The van der Waals surface area contributed by atoms with Gasteiger partial charge in [-0.3, -0.25) is 9.48 Å². The van der Waals surface area contributed by atoms with Crippen LogP contribution in [0.4, 0.5) is 10.1 Å². The molecule has 12 heteroatoms. The van der Waals surface area contributed by atoms with Crippen LogP contribution in [0.15, 0.2) is 61.6 Å². The summed E-state index contributed by atoms with van der Waals surface area (Å²) in [5, 5.41) is 25.5. The van der Waals surface area contributed by atoms with Crippen molar-refractivity contribution in [3.8, 4) is 23.0 Å². The molecule has 1 aliphatic heterocycles. The molecular formula is C28H27FN10O. The maximum Gasteiger partial charge on any atom is 0.224 e. The first-order chi connectivity index (χ1) is 19.5. The highest BCUT2D eigenvalue weighted by molar-refractivity contribution is 5.83. The van der Waals surface area contributed by atoms with Gasteiger partial charge in [-0.25, -0.2) is 18.6 Å². The van der Waals surface area contributed by atoms with Crippen LogP contribution in [0.25, 0.3) is 22.5 Å². The number of halogens is 1. The number of amides is 1. The fourth-order valence-electron chi connectivity index (χ4n) is 5.18. The molecule has 0 radical (unpaired) electrons. The number of nitrogens with zero attached hydrogens (tertiary/aromatic N) is 9. The van der Waals surface area contributed by atoms with Crippen molar-refractivity contribution in [1.29, 1.82) is 5.26 Å². The van der Waals surface area contributed by atoms with Gasteiger partial charge in [-0.1, -0.05) is 6.07 Å². The molecule has 202 valence electrons. The van der Waals surface area contributed by atoms with Gasteiger partial charge in [-0.05, 0) is 37.0 Å². The number of anilines is 1. The van der Waals surface area contributed by atoms with Gasteiger partial charge >= 0.3 is 0 Å². The molecule has 5 aromatic rings. The molecule has 40 heavy (non-hydrogen) atoms. The second-order valence-electron chi connectivity index (χ2n) is 9.97. The number of carbonyl (C=O) groups is 1. The largest absolute Gasteiger partial charge is 0.370 e. The van der Waals surface area contributed by atoms with E-state index >= 15 is 0 Å². The molecule has 6 heterocycles. The third-order valence-electron chi connectivity index (χ3n) is 7.14. The van der Waals surface area contributed by atoms with Crippen LogP contribution in [0.2, 0.25) is 0 Å². The van der Waals surface area contributed by atoms with Crippen molar-refractivity contribution in [3.05, 3.63) is 78.5 Å². The Labute approximate surface area is 229 Å². The highest BCUT2D eigenvalue weighted by Gasteiger charge is 2.23. The van der Waals surface area contributed by atoms with Gasteiger partial charge in [0.25, 0.3) is 0 Å². The SMILES string of the molecule is Cn1cc(-c2cc(N3CCCC(NC(=O)Cc4ccc(-n5cc(F)cn5)nc4)CC3)c3c(C#N)cnn3c2)cn1. The molecule has 1 atom stereocenters. The van der Waals surface area contributed by atoms with Crippen LogP contribution in [-0.2, 0) is 18.3 Å². The van der Waals surface area contributed by atoms with Gasteiger partial charge < -0.3 is 10.2 Å². The summed E-state index contributed by atoms with van der Waals surface area (Å²) in [6.07, 6.45) is 14.0. The fraction of sp³-hybridized carbons (Fsp3) is 0.286. The highest BCUT2D eigenvalue weighted by atomic mass is 19.1. The van der Waals surface area contributed by atoms with E-state index in [9.17, 15) is 14.4 Å². The van der Waals surface area contributed by atoms with Crippen molar-refractivity contribution < 1.29 is 9.18 Å². The zero-order valence-corrected chi connectivity index (χ0v) is 21.9. The van der Waals surface area contributed by atoms with Gasteiger partial charge in [0, 0.05) is 55.9 Å². The Morgan fingerprint density at radius 2 is 1.98 bits per heavy atom. The minimum absolute atomic E-state index is 0.0367. The molecular weight excluding hydrogens is 511 g/mol. The van der Waals surface area contributed by atoms with E-state index in [4.69, 9.17) is 0 Å². The van der Waals surface area contributed by atoms with Crippen LogP contribution in [0.5, 0.6) is 0 Å². The first kappa shape index (κ1) is 25.2. The van der Waals surface area contributed by atoms with Gasteiger partial charge in [0.1, 0.15) is 11.6 Å². The molecule has 5 aromatic heterocycles. The summed E-state index contributed by atoms with van der Waals surface area (Å²) in [4.78, 5) is 19.4. The van der Waals surface area contributed by atoms with E-state index in [1.54, 1.807) is 33.7 Å². The first-order valence-electron chi connectivity index (χ1n) is 13.1. The van der Waals surface area contributed by atoms with Crippen LogP contribution in [0.1, 0.15) is 30.4 Å². The summed E-state index contributed by atoms with van der Waals surface area (Å²) in [7, 11) is 1.88. The quantitative estimate of drug-likeness (QED) is 0.353. The summed E-state index contributed by atoms with van der Waals surface area (Å²) in [6.45, 7) is 1.53. The lowest BCUT2D eigenvalue weighted by atomic mass is 10.1. The minimum atomic E-state index is -0.437. The van der Waals surface area contributed by atoms with Crippen molar-refractivity contribution >= 4 is 17.1 Å². The molecule has 0 bridgehead atoms. The topological polar surface area (TPSA) is 122 Å². The number of nitriles is 1. The van der Waals surface area contributed by atoms with Gasteiger partial charge in [0.2, 0.25) is 5.91 Å². The monoisotopic (exact) mass is 538 g/mol. The fourth-order valence-corrected chi connectivity index (χ4v) is 5.18. The third-order valence-corrected chi connectivity index (χ3v) is 7.14. The van der Waals surface area contributed by atoms with Crippen molar-refractivity contribution in [2.45, 2.75) is 31.7 Å². The Bertz CT molecular complexity index is 1710. The predicted molar refractivity (Wildman–Crippen MR) is 145 cm³/mol. The van der Waals surface area contributed by atoms with Gasteiger partial charge in [-0.2, -0.15) is 20.6 Å². The molecule has 0 aromatic carbocycles. The molecule has 0 aliphatic carbocycles. The maximum absolute atomic E-state index is 13.2. The summed E-state index contributed by atoms with van der Waals surface area (Å²) < 4.78 is 18.1. The lowest BCUT2D eigenvalue weighted by Crippen LogP contribution is -2.36. The number of pyridine rings is 2. The summed E-state index contributed by atoms with van der Waals surface area (Å²) >= 11 is 0. The first-order valence-corrected chi connectivity index (χ1v) is 13.1. The molecule has 0 spiro atoms. The van der Waals surface area contributed by atoms with E-state index in [1.165, 1.54) is 10.9 Å². The summed E-state index contributed by atoms with van der Waals surface area (Å²) in [6, 6.07) is 7.92. The van der Waals surface area contributed by atoms with Crippen molar-refractivity contribution in [1.82, 2.24) is 39.5 Å². The number of hydrogen-bond acceptors (Lipinski definition) is 7. The molecule has 1 fully saturated rings. The van der Waals surface area contributed by atoms with Crippen LogP contribution < -0.4 is 10.2 Å². The molecule has 1 saturated heterocycles. The van der Waals surface area contributed by atoms with Crippen molar-refractivity contribution in [2.75, 3.05) is 18.0 Å². The molecule has 1 aliphatic rings. The smallest absolute Gasteiger partial charge is 0.224 e. The number of rotatable bonds is 6. The lowest BCUT2D eigenvalue weighted by molar-refractivity contribution is -0.121. The van der Waals surface area contributed by atoms with Crippen LogP contribution in [0.3, 0.4) is 0 Å². The van der Waals surface area contributed by atoms with E-state index in [0.717, 1.165) is 66.4 Å². The average molecular weight is 539 g/mol. The normalized spacial score (nSPS) is 15.6. The average Bonchev–Trinajstić information content (AvgIpc) is 3.65. The number of hydrogen-bond donors (Lipinski definition) is 1. The lowest BCUT2D eigenvalue weighted by Gasteiger charge is -2.25. The Balaban J connectivity index is 1.14. The number of fused-ring (bicyclic) bond motifs is 1. The molecule has 11 nitrogen and oxygen atoms in total. The van der Waals surface area contributed by atoms with E-state index in [-0.39, 0.29) is 18.4 Å². The number of aryl methyl sites for hydroxylation is 1. The zero-order valence-electron chi connectivity index (χ0n) is 21.9. The predicted octanol–water partition coefficient (Wildman–Crippen LogP) is 3.04. The van der Waals surface area contributed by atoms with Gasteiger partial charge in [-0.15, -0.1) is 0 Å². The van der Waals surface area contributed by atoms with Crippen molar-refractivity contribution in [3.63, 3.8) is 0 Å². The molecule has 6 rings (SSSR count). The Morgan fingerprint density at radius 1 is 1.07 bits per heavy atom. The van der Waals surface area contributed by atoms with Gasteiger partial charge in [0.15, 0.2) is 11.6 Å². The van der Waals surface area contributed by atoms with Crippen LogP contribution >= 0.6 is 0 Å². The minimum Gasteiger partial charge on any atom is -0.370 e. The standard InChI is InChI=1S/C28H27FN10O/c1-36-16-22(14-32-36)20-10-25(28-21(11-30)13-33-39(28)17-20)37-7-2-3-24(6-8-37)35-27(40)9-19-4-5-26(31-12-19)38-18-23(29)15-34-38/h4-5,10,12-18,24H,2-3,6-9H2,1H3,(H,35,40). The van der Waals surface area contributed by atoms with E-state index in [0.29, 0.717) is 11.4 Å².